The van der Waals surface area contributed by atoms with Crippen LogP contribution in [0.15, 0.2) is 54.2 Å². The van der Waals surface area contributed by atoms with Gasteiger partial charge in [0.05, 0.1) is 25.0 Å². The number of carbonyl (C=O) groups is 2. The van der Waals surface area contributed by atoms with Crippen molar-refractivity contribution in [1.82, 2.24) is 4.90 Å². The minimum absolute atomic E-state index is 0.123. The second-order valence-corrected chi connectivity index (χ2v) is 6.38. The van der Waals surface area contributed by atoms with E-state index in [0.717, 1.165) is 5.56 Å². The van der Waals surface area contributed by atoms with E-state index in [2.05, 4.69) is 0 Å². The van der Waals surface area contributed by atoms with E-state index in [9.17, 15) is 14.7 Å². The molecule has 0 spiro atoms. The number of aryl methyl sites for hydroxylation is 1. The average molecular weight is 366 g/mol. The Morgan fingerprint density at radius 2 is 1.63 bits per heavy atom. The fourth-order valence-electron chi connectivity index (χ4n) is 3.08. The summed E-state index contributed by atoms with van der Waals surface area (Å²) in [7, 11) is 3.26. The van der Waals surface area contributed by atoms with Crippen LogP contribution in [0.25, 0.3) is 5.57 Å². The molecule has 140 valence electrons. The first kappa shape index (κ1) is 18.7. The summed E-state index contributed by atoms with van der Waals surface area (Å²) in [5, 5.41) is 9.30. The van der Waals surface area contributed by atoms with E-state index in [0.29, 0.717) is 22.6 Å². The highest BCUT2D eigenvalue weighted by atomic mass is 16.5. The monoisotopic (exact) mass is 366 g/mol. The van der Waals surface area contributed by atoms with Gasteiger partial charge >= 0.3 is 0 Å². The highest BCUT2D eigenvalue weighted by Crippen LogP contribution is 2.34. The Balaban J connectivity index is 2.09. The lowest BCUT2D eigenvalue weighted by Crippen LogP contribution is -2.34. The maximum atomic E-state index is 13.2. The molecule has 0 fully saturated rings. The summed E-state index contributed by atoms with van der Waals surface area (Å²) in [6, 6.07) is 14.2. The number of ether oxygens (including phenoxy) is 1. The van der Waals surface area contributed by atoms with Crippen molar-refractivity contribution in [3.05, 3.63) is 65.4 Å². The number of carbonyl (C=O) groups excluding carboxylic acids is 2. The molecule has 2 amide bonds. The number of rotatable bonds is 6. The molecule has 0 saturated carbocycles. The number of imide groups is 1. The zero-order valence-corrected chi connectivity index (χ0v) is 15.6. The lowest BCUT2D eigenvalue weighted by atomic mass is 10.0. The third-order valence-electron chi connectivity index (χ3n) is 4.55. The molecule has 0 bridgehead atoms. The van der Waals surface area contributed by atoms with Gasteiger partial charge in [-0.25, -0.2) is 4.90 Å². The van der Waals surface area contributed by atoms with Crippen molar-refractivity contribution < 1.29 is 19.4 Å². The van der Waals surface area contributed by atoms with E-state index >= 15 is 0 Å². The maximum absolute atomic E-state index is 13.2. The van der Waals surface area contributed by atoms with Gasteiger partial charge in [0.1, 0.15) is 11.4 Å². The lowest BCUT2D eigenvalue weighted by molar-refractivity contribution is -0.120. The van der Waals surface area contributed by atoms with Gasteiger partial charge in [0.25, 0.3) is 11.8 Å². The summed E-state index contributed by atoms with van der Waals surface area (Å²) in [5.41, 5.74) is 2.79. The van der Waals surface area contributed by atoms with Gasteiger partial charge in [-0.1, -0.05) is 29.8 Å². The maximum Gasteiger partial charge on any atom is 0.282 e. The molecule has 1 aliphatic rings. The summed E-state index contributed by atoms with van der Waals surface area (Å²) in [4.78, 5) is 29.1. The topological polar surface area (TPSA) is 70.1 Å². The summed E-state index contributed by atoms with van der Waals surface area (Å²) in [5.74, 6) is -0.115. The largest absolute Gasteiger partial charge is 0.497 e. The van der Waals surface area contributed by atoms with E-state index in [-0.39, 0.29) is 24.8 Å². The molecule has 0 atom stereocenters. The van der Waals surface area contributed by atoms with Gasteiger partial charge in [-0.2, -0.15) is 0 Å². The van der Waals surface area contributed by atoms with Crippen molar-refractivity contribution in [2.75, 3.05) is 32.2 Å². The van der Waals surface area contributed by atoms with E-state index in [1.165, 1.54) is 4.90 Å². The number of hydrogen-bond acceptors (Lipinski definition) is 5. The van der Waals surface area contributed by atoms with Crippen molar-refractivity contribution in [3.8, 4) is 5.75 Å². The fraction of sp³-hybridized carbons (Fsp3) is 0.238. The fourth-order valence-corrected chi connectivity index (χ4v) is 3.08. The standard InChI is InChI=1S/C21H22N2O4/c1-14-4-8-16(9-5-14)23-20(25)18(15-6-10-17(27-3)11-7-15)19(21(23)26)22(2)12-13-24/h4-11,24H,12-13H2,1-3H3. The van der Waals surface area contributed by atoms with Gasteiger partial charge < -0.3 is 14.7 Å². The van der Waals surface area contributed by atoms with Gasteiger partial charge in [-0.15, -0.1) is 0 Å². The minimum atomic E-state index is -0.398. The van der Waals surface area contributed by atoms with E-state index < -0.39 is 5.91 Å². The van der Waals surface area contributed by atoms with Crippen molar-refractivity contribution >= 4 is 23.1 Å². The molecule has 0 aromatic heterocycles. The molecule has 0 aliphatic carbocycles. The number of aliphatic hydroxyl groups excluding tert-OH is 1. The summed E-state index contributed by atoms with van der Waals surface area (Å²) >= 11 is 0. The van der Waals surface area contributed by atoms with Crippen LogP contribution in [0.5, 0.6) is 5.75 Å². The molecule has 3 rings (SSSR count). The molecule has 1 heterocycles. The Bertz CT molecular complexity index is 885. The van der Waals surface area contributed by atoms with E-state index in [1.807, 2.05) is 19.1 Å². The van der Waals surface area contributed by atoms with Gasteiger partial charge in [0.15, 0.2) is 0 Å². The Kier molecular flexibility index (Phi) is 5.28. The molecule has 0 unspecified atom stereocenters. The van der Waals surface area contributed by atoms with Crippen molar-refractivity contribution in [3.63, 3.8) is 0 Å². The normalized spacial score (nSPS) is 14.1. The smallest absolute Gasteiger partial charge is 0.282 e. The Morgan fingerprint density at radius 3 is 2.19 bits per heavy atom. The first-order chi connectivity index (χ1) is 13.0. The van der Waals surface area contributed by atoms with Crippen LogP contribution in [-0.2, 0) is 9.59 Å². The molecular weight excluding hydrogens is 344 g/mol. The Hall–Kier alpha value is -3.12. The second kappa shape index (κ2) is 7.63. The lowest BCUT2D eigenvalue weighted by Gasteiger charge is -2.20. The number of aliphatic hydroxyl groups is 1. The number of methoxy groups -OCH3 is 1. The van der Waals surface area contributed by atoms with E-state index in [1.54, 1.807) is 55.5 Å². The van der Waals surface area contributed by atoms with Crippen LogP contribution in [-0.4, -0.2) is 49.1 Å². The number of benzene rings is 2. The molecule has 6 nitrogen and oxygen atoms in total. The molecule has 1 aliphatic heterocycles. The van der Waals surface area contributed by atoms with Gasteiger partial charge in [0.2, 0.25) is 0 Å². The molecule has 0 saturated heterocycles. The molecule has 2 aromatic carbocycles. The molecule has 1 N–H and O–H groups in total. The number of likely N-dealkylation sites (N-methyl/N-ethyl adjacent to an activating group) is 1. The van der Waals surface area contributed by atoms with Gasteiger partial charge in [-0.3, -0.25) is 9.59 Å². The summed E-state index contributed by atoms with van der Waals surface area (Å²) in [6.07, 6.45) is 0. The highest BCUT2D eigenvalue weighted by molar-refractivity contribution is 6.45. The number of hydrogen-bond donors (Lipinski definition) is 1. The van der Waals surface area contributed by atoms with Crippen LogP contribution in [0.1, 0.15) is 11.1 Å². The first-order valence-electron chi connectivity index (χ1n) is 8.64. The SMILES string of the molecule is COc1ccc(C2=C(N(C)CCO)C(=O)N(c3ccc(C)cc3)C2=O)cc1. The summed E-state index contributed by atoms with van der Waals surface area (Å²) < 4.78 is 5.17. The summed E-state index contributed by atoms with van der Waals surface area (Å²) in [6.45, 7) is 2.07. The number of nitrogens with zero attached hydrogens (tertiary/aromatic N) is 2. The average Bonchev–Trinajstić information content (AvgIpc) is 2.93. The molecule has 27 heavy (non-hydrogen) atoms. The van der Waals surface area contributed by atoms with Crippen LogP contribution in [0.4, 0.5) is 5.69 Å². The van der Waals surface area contributed by atoms with Gasteiger partial charge in [0, 0.05) is 13.6 Å². The predicted octanol–water partition coefficient (Wildman–Crippen LogP) is 2.21. The quantitative estimate of drug-likeness (QED) is 0.794. The Labute approximate surface area is 158 Å². The van der Waals surface area contributed by atoms with Crippen molar-refractivity contribution in [2.24, 2.45) is 0 Å². The molecule has 6 heteroatoms. The molecule has 2 aromatic rings. The Morgan fingerprint density at radius 1 is 1.00 bits per heavy atom. The van der Waals surface area contributed by atoms with Gasteiger partial charge in [-0.05, 0) is 36.8 Å². The molecule has 0 radical (unpaired) electrons. The van der Waals surface area contributed by atoms with Crippen LogP contribution in [0, 0.1) is 6.92 Å². The van der Waals surface area contributed by atoms with Crippen LogP contribution >= 0.6 is 0 Å². The minimum Gasteiger partial charge on any atom is -0.497 e. The third kappa shape index (κ3) is 3.44. The number of anilines is 1. The second-order valence-electron chi connectivity index (χ2n) is 6.38. The predicted molar refractivity (Wildman–Crippen MR) is 103 cm³/mol. The number of amides is 2. The van der Waals surface area contributed by atoms with Crippen LogP contribution < -0.4 is 9.64 Å². The van der Waals surface area contributed by atoms with Crippen LogP contribution in [0.3, 0.4) is 0 Å². The van der Waals surface area contributed by atoms with Crippen LogP contribution in [0.2, 0.25) is 0 Å². The first-order valence-corrected chi connectivity index (χ1v) is 8.64. The van der Waals surface area contributed by atoms with E-state index in [4.69, 9.17) is 4.74 Å². The highest BCUT2D eigenvalue weighted by Gasteiger charge is 2.41. The zero-order valence-electron chi connectivity index (χ0n) is 15.6. The van der Waals surface area contributed by atoms with Crippen molar-refractivity contribution in [2.45, 2.75) is 6.92 Å². The van der Waals surface area contributed by atoms with Crippen molar-refractivity contribution in [1.29, 1.82) is 0 Å². The zero-order chi connectivity index (χ0) is 19.6. The third-order valence-corrected chi connectivity index (χ3v) is 4.55. The molecular formula is C21H22N2O4.